The average Bonchev–Trinajstić information content (AvgIpc) is 2.45. The Kier molecular flexibility index (Phi) is 4.42. The molecule has 1 fully saturated rings. The Hall–Kier alpha value is -2.15. The van der Waals surface area contributed by atoms with E-state index in [-0.39, 0.29) is 16.9 Å². The van der Waals surface area contributed by atoms with Crippen molar-refractivity contribution in [3.63, 3.8) is 0 Å². The van der Waals surface area contributed by atoms with Crippen LogP contribution in [0.5, 0.6) is 0 Å². The zero-order valence-electron chi connectivity index (χ0n) is 12.1. The lowest BCUT2D eigenvalue weighted by Gasteiger charge is -2.40. The molecule has 0 spiro atoms. The van der Waals surface area contributed by atoms with Crippen LogP contribution in [0.4, 0.5) is 11.4 Å². The highest BCUT2D eigenvalue weighted by Gasteiger charge is 2.37. The quantitative estimate of drug-likeness (QED) is 0.617. The van der Waals surface area contributed by atoms with Gasteiger partial charge in [0.25, 0.3) is 11.6 Å². The molecule has 0 unspecified atom stereocenters. The van der Waals surface area contributed by atoms with Crippen LogP contribution in [0.25, 0.3) is 0 Å². The first-order chi connectivity index (χ1) is 10.0. The summed E-state index contributed by atoms with van der Waals surface area (Å²) in [4.78, 5) is 22.7. The van der Waals surface area contributed by atoms with E-state index < -0.39 is 10.8 Å². The number of carbonyl (C=O) groups excluding carboxylic acids is 1. The number of nitro groups is 1. The van der Waals surface area contributed by atoms with Crippen LogP contribution in [0.2, 0.25) is 0 Å². The fourth-order valence-electron chi connectivity index (χ4n) is 2.39. The molecule has 7 nitrogen and oxygen atoms in total. The van der Waals surface area contributed by atoms with E-state index in [1.165, 1.54) is 12.1 Å². The van der Waals surface area contributed by atoms with Crippen LogP contribution in [0.1, 0.15) is 29.6 Å². The number of amides is 1. The van der Waals surface area contributed by atoms with Crippen molar-refractivity contribution in [2.45, 2.75) is 24.9 Å². The third-order valence-electron chi connectivity index (χ3n) is 4.00. The second kappa shape index (κ2) is 6.09. The number of rotatable bonds is 6. The predicted octanol–water partition coefficient (Wildman–Crippen LogP) is 1.94. The number of ether oxygens (including phenoxy) is 1. The van der Waals surface area contributed by atoms with Crippen molar-refractivity contribution >= 4 is 17.3 Å². The van der Waals surface area contributed by atoms with Gasteiger partial charge >= 0.3 is 0 Å². The molecule has 1 aromatic rings. The van der Waals surface area contributed by atoms with Crippen LogP contribution < -0.4 is 10.6 Å². The number of nitrogens with zero attached hydrogens (tertiary/aromatic N) is 1. The Morgan fingerprint density at radius 1 is 1.48 bits per heavy atom. The van der Waals surface area contributed by atoms with E-state index in [1.54, 1.807) is 20.2 Å². The van der Waals surface area contributed by atoms with E-state index in [2.05, 4.69) is 10.6 Å². The van der Waals surface area contributed by atoms with Crippen molar-refractivity contribution in [2.24, 2.45) is 0 Å². The number of nitro benzene ring substituents is 1. The summed E-state index contributed by atoms with van der Waals surface area (Å²) in [5.74, 6) is -0.456. The fourth-order valence-corrected chi connectivity index (χ4v) is 2.39. The number of methoxy groups -OCH3 is 1. The molecule has 2 rings (SSSR count). The van der Waals surface area contributed by atoms with Gasteiger partial charge in [0, 0.05) is 32.5 Å². The highest BCUT2D eigenvalue weighted by molar-refractivity contribution is 5.99. The molecule has 1 aliphatic carbocycles. The topological polar surface area (TPSA) is 93.5 Å². The fraction of sp³-hybridized carbons (Fsp3) is 0.500. The summed E-state index contributed by atoms with van der Waals surface area (Å²) in [5, 5.41) is 16.6. The van der Waals surface area contributed by atoms with Gasteiger partial charge in [-0.05, 0) is 31.4 Å². The Bertz CT molecular complexity index is 550. The largest absolute Gasteiger partial charge is 0.388 e. The Morgan fingerprint density at radius 3 is 2.67 bits per heavy atom. The maximum Gasteiger partial charge on any atom is 0.282 e. The van der Waals surface area contributed by atoms with Crippen LogP contribution in [-0.2, 0) is 4.74 Å². The van der Waals surface area contributed by atoms with Crippen LogP contribution in [0.15, 0.2) is 18.2 Å². The first kappa shape index (κ1) is 15.2. The van der Waals surface area contributed by atoms with Gasteiger partial charge in [0.05, 0.1) is 10.5 Å². The molecule has 0 aromatic heterocycles. The molecule has 21 heavy (non-hydrogen) atoms. The van der Waals surface area contributed by atoms with E-state index in [0.29, 0.717) is 12.2 Å². The van der Waals surface area contributed by atoms with Crippen LogP contribution in [-0.4, -0.2) is 37.1 Å². The standard InChI is InChI=1S/C14H19N3O4/c1-15-10-4-5-12(17(19)20)11(8-10)13(18)16-9-14(21-2)6-3-7-14/h4-5,8,15H,3,6-7,9H2,1-2H3,(H,16,18). The summed E-state index contributed by atoms with van der Waals surface area (Å²) in [6.07, 6.45) is 2.85. The maximum absolute atomic E-state index is 12.2. The second-order valence-electron chi connectivity index (χ2n) is 5.16. The van der Waals surface area contributed by atoms with Gasteiger partial charge in [-0.15, -0.1) is 0 Å². The minimum absolute atomic E-state index is 0.0532. The van der Waals surface area contributed by atoms with Crippen molar-refractivity contribution in [1.29, 1.82) is 0 Å². The van der Waals surface area contributed by atoms with Crippen molar-refractivity contribution in [3.05, 3.63) is 33.9 Å². The molecular weight excluding hydrogens is 274 g/mol. The van der Waals surface area contributed by atoms with Gasteiger partial charge in [0.15, 0.2) is 0 Å². The van der Waals surface area contributed by atoms with Gasteiger partial charge in [-0.25, -0.2) is 0 Å². The zero-order chi connectivity index (χ0) is 15.5. The average molecular weight is 293 g/mol. The Labute approximate surface area is 122 Å². The molecule has 1 aliphatic rings. The monoisotopic (exact) mass is 293 g/mol. The first-order valence-electron chi connectivity index (χ1n) is 6.81. The summed E-state index contributed by atoms with van der Waals surface area (Å²) in [6.45, 7) is 0.364. The van der Waals surface area contributed by atoms with Gasteiger partial charge in [-0.2, -0.15) is 0 Å². The molecule has 1 amide bonds. The molecule has 0 atom stereocenters. The SMILES string of the molecule is CNc1ccc([N+](=O)[O-])c(C(=O)NCC2(OC)CCC2)c1. The van der Waals surface area contributed by atoms with Gasteiger partial charge in [-0.1, -0.05) is 0 Å². The van der Waals surface area contributed by atoms with Crippen LogP contribution in [0, 0.1) is 10.1 Å². The summed E-state index contributed by atoms with van der Waals surface area (Å²) >= 11 is 0. The second-order valence-corrected chi connectivity index (χ2v) is 5.16. The van der Waals surface area contributed by atoms with Crippen molar-refractivity contribution in [2.75, 3.05) is 26.0 Å². The van der Waals surface area contributed by atoms with Gasteiger partial charge in [0.1, 0.15) is 5.56 Å². The van der Waals surface area contributed by atoms with E-state index >= 15 is 0 Å². The number of carbonyl (C=O) groups is 1. The van der Waals surface area contributed by atoms with Gasteiger partial charge < -0.3 is 15.4 Å². The summed E-state index contributed by atoms with van der Waals surface area (Å²) in [7, 11) is 3.31. The Morgan fingerprint density at radius 2 is 2.19 bits per heavy atom. The molecule has 0 aliphatic heterocycles. The summed E-state index contributed by atoms with van der Waals surface area (Å²) in [5.41, 5.74) is 0.185. The molecule has 1 saturated carbocycles. The molecule has 0 saturated heterocycles. The van der Waals surface area contributed by atoms with E-state index in [9.17, 15) is 14.9 Å². The minimum Gasteiger partial charge on any atom is -0.388 e. The van der Waals surface area contributed by atoms with Crippen molar-refractivity contribution in [3.8, 4) is 0 Å². The lowest BCUT2D eigenvalue weighted by molar-refractivity contribution is -0.385. The lowest BCUT2D eigenvalue weighted by atomic mass is 9.80. The normalized spacial score (nSPS) is 15.9. The smallest absolute Gasteiger partial charge is 0.282 e. The molecular formula is C14H19N3O4. The van der Waals surface area contributed by atoms with Crippen LogP contribution in [0.3, 0.4) is 0 Å². The molecule has 0 bridgehead atoms. The first-order valence-corrected chi connectivity index (χ1v) is 6.81. The highest BCUT2D eigenvalue weighted by Crippen LogP contribution is 2.34. The number of anilines is 1. The van der Waals surface area contributed by atoms with Crippen LogP contribution >= 0.6 is 0 Å². The molecule has 0 radical (unpaired) electrons. The van der Waals surface area contributed by atoms with Gasteiger partial charge in [-0.3, -0.25) is 14.9 Å². The number of hydrogen-bond donors (Lipinski definition) is 2. The van der Waals surface area contributed by atoms with Crippen molar-refractivity contribution in [1.82, 2.24) is 5.32 Å². The van der Waals surface area contributed by atoms with E-state index in [4.69, 9.17) is 4.74 Å². The van der Waals surface area contributed by atoms with Gasteiger partial charge in [0.2, 0.25) is 0 Å². The number of nitrogens with one attached hydrogen (secondary N) is 2. The summed E-state index contributed by atoms with van der Waals surface area (Å²) in [6, 6.07) is 4.38. The molecule has 1 aromatic carbocycles. The highest BCUT2D eigenvalue weighted by atomic mass is 16.6. The third-order valence-corrected chi connectivity index (χ3v) is 4.00. The third kappa shape index (κ3) is 3.13. The molecule has 114 valence electrons. The lowest BCUT2D eigenvalue weighted by Crippen LogP contribution is -2.49. The molecule has 0 heterocycles. The van der Waals surface area contributed by atoms with E-state index in [0.717, 1.165) is 19.3 Å². The number of benzene rings is 1. The Balaban J connectivity index is 2.15. The van der Waals surface area contributed by atoms with E-state index in [1.807, 2.05) is 0 Å². The summed E-state index contributed by atoms with van der Waals surface area (Å²) < 4.78 is 5.42. The maximum atomic E-state index is 12.2. The predicted molar refractivity (Wildman–Crippen MR) is 78.6 cm³/mol. The minimum atomic E-state index is -0.552. The zero-order valence-corrected chi connectivity index (χ0v) is 12.1. The number of hydrogen-bond acceptors (Lipinski definition) is 5. The van der Waals surface area contributed by atoms with Crippen molar-refractivity contribution < 1.29 is 14.5 Å². The molecule has 7 heteroatoms. The molecule has 2 N–H and O–H groups in total.